The molecule has 0 bridgehead atoms. The minimum absolute atomic E-state index is 0.105. The summed E-state index contributed by atoms with van der Waals surface area (Å²) in [4.78, 5) is 23.4. The second kappa shape index (κ2) is 8.76. The zero-order valence-corrected chi connectivity index (χ0v) is 19.9. The van der Waals surface area contributed by atoms with Crippen LogP contribution in [0, 0.1) is 0 Å². The summed E-state index contributed by atoms with van der Waals surface area (Å²) in [5.41, 5.74) is 4.16. The average Bonchev–Trinajstić information content (AvgIpc) is 3.47. The number of nitrogens with one attached hydrogen (secondary N) is 1. The van der Waals surface area contributed by atoms with Gasteiger partial charge in [-0.1, -0.05) is 67.9 Å². The molecule has 0 saturated heterocycles. The first-order valence-electron chi connectivity index (χ1n) is 12.0. The van der Waals surface area contributed by atoms with Gasteiger partial charge in [-0.25, -0.2) is 9.97 Å². The normalized spacial score (nSPS) is 15.8. The Morgan fingerprint density at radius 3 is 2.56 bits per heavy atom. The molecule has 6 rings (SSSR count). The van der Waals surface area contributed by atoms with Gasteiger partial charge >= 0.3 is 0 Å². The molecule has 34 heavy (non-hydrogen) atoms. The van der Waals surface area contributed by atoms with E-state index in [-0.39, 0.29) is 5.91 Å². The zero-order chi connectivity index (χ0) is 23.1. The van der Waals surface area contributed by atoms with Gasteiger partial charge < -0.3 is 4.57 Å². The van der Waals surface area contributed by atoms with Crippen LogP contribution in [0.4, 0.5) is 5.13 Å². The largest absolute Gasteiger partial charge is 0.311 e. The molecule has 1 amide bonds. The van der Waals surface area contributed by atoms with E-state index >= 15 is 0 Å². The van der Waals surface area contributed by atoms with Crippen molar-refractivity contribution < 1.29 is 4.79 Å². The van der Waals surface area contributed by atoms with Gasteiger partial charge in [-0.15, -0.1) is 10.2 Å². The molecule has 1 saturated carbocycles. The minimum Gasteiger partial charge on any atom is -0.311 e. The highest BCUT2D eigenvalue weighted by atomic mass is 32.1. The fourth-order valence-electron chi connectivity index (χ4n) is 5.13. The molecule has 0 aliphatic heterocycles. The van der Waals surface area contributed by atoms with E-state index in [0.717, 1.165) is 50.9 Å². The molecule has 1 aliphatic rings. The molecule has 1 fully saturated rings. The van der Waals surface area contributed by atoms with Crippen molar-refractivity contribution in [3.8, 4) is 0 Å². The summed E-state index contributed by atoms with van der Waals surface area (Å²) >= 11 is 1.51. The molecular weight excluding hydrogens is 444 g/mol. The van der Waals surface area contributed by atoms with Crippen molar-refractivity contribution >= 4 is 55.5 Å². The van der Waals surface area contributed by atoms with Gasteiger partial charge in [0.15, 0.2) is 5.65 Å². The fourth-order valence-corrected chi connectivity index (χ4v) is 6.04. The molecule has 8 heteroatoms. The van der Waals surface area contributed by atoms with Crippen LogP contribution in [0.5, 0.6) is 0 Å². The van der Waals surface area contributed by atoms with Crippen LogP contribution in [0.3, 0.4) is 0 Å². The molecule has 5 aromatic rings. The van der Waals surface area contributed by atoms with E-state index in [1.165, 1.54) is 30.6 Å². The molecule has 1 unspecified atom stereocenters. The highest BCUT2D eigenvalue weighted by Gasteiger charge is 2.27. The van der Waals surface area contributed by atoms with E-state index in [1.54, 1.807) is 0 Å². The first-order valence-corrected chi connectivity index (χ1v) is 12.8. The maximum absolute atomic E-state index is 13.5. The standard InChI is InChI=1S/C26H26N6OS/c1-2-20(24(33)29-26-31-30-25(34-26)16-10-4-3-5-11-16)32-21-15-9-6-12-17(21)22-23(32)28-19-14-8-7-13-18(19)27-22/h6-9,12-16,20H,2-5,10-11H2,1H3,(H,29,31,33). The maximum Gasteiger partial charge on any atom is 0.249 e. The van der Waals surface area contributed by atoms with Crippen molar-refractivity contribution in [2.45, 2.75) is 57.4 Å². The summed E-state index contributed by atoms with van der Waals surface area (Å²) in [6, 6.07) is 15.5. The van der Waals surface area contributed by atoms with Crippen molar-refractivity contribution in [2.75, 3.05) is 5.32 Å². The molecule has 1 N–H and O–H groups in total. The minimum atomic E-state index is -0.445. The van der Waals surface area contributed by atoms with Crippen LogP contribution >= 0.6 is 11.3 Å². The Morgan fingerprint density at radius 1 is 1.03 bits per heavy atom. The maximum atomic E-state index is 13.5. The summed E-state index contributed by atoms with van der Waals surface area (Å²) in [6.45, 7) is 2.02. The monoisotopic (exact) mass is 470 g/mol. The Bertz CT molecular complexity index is 1500. The van der Waals surface area contributed by atoms with Crippen LogP contribution < -0.4 is 5.32 Å². The Hall–Kier alpha value is -3.39. The molecule has 1 atom stereocenters. The van der Waals surface area contributed by atoms with Crippen molar-refractivity contribution in [1.82, 2.24) is 24.7 Å². The van der Waals surface area contributed by atoms with Gasteiger partial charge in [0.25, 0.3) is 0 Å². The molecule has 0 spiro atoms. The van der Waals surface area contributed by atoms with E-state index < -0.39 is 6.04 Å². The van der Waals surface area contributed by atoms with Crippen molar-refractivity contribution in [1.29, 1.82) is 0 Å². The van der Waals surface area contributed by atoms with Crippen LogP contribution in [0.25, 0.3) is 33.1 Å². The Balaban J connectivity index is 1.39. The smallest absolute Gasteiger partial charge is 0.249 e. The predicted octanol–water partition coefficient (Wildman–Crippen LogP) is 6.23. The van der Waals surface area contributed by atoms with Gasteiger partial charge in [0.05, 0.1) is 16.6 Å². The van der Waals surface area contributed by atoms with E-state index in [0.29, 0.717) is 17.5 Å². The number of fused-ring (bicyclic) bond motifs is 4. The van der Waals surface area contributed by atoms with Gasteiger partial charge in [0.1, 0.15) is 16.6 Å². The molecule has 7 nitrogen and oxygen atoms in total. The molecule has 3 heterocycles. The summed E-state index contributed by atoms with van der Waals surface area (Å²) in [5.74, 6) is 0.367. The first-order chi connectivity index (χ1) is 16.7. The van der Waals surface area contributed by atoms with Gasteiger partial charge in [-0.3, -0.25) is 10.1 Å². The Labute approximate surface area is 201 Å². The quantitative estimate of drug-likeness (QED) is 0.329. The lowest BCUT2D eigenvalue weighted by Gasteiger charge is -2.18. The highest BCUT2D eigenvalue weighted by Crippen LogP contribution is 2.36. The Morgan fingerprint density at radius 2 is 1.76 bits per heavy atom. The number of carbonyl (C=O) groups excluding carboxylic acids is 1. The lowest BCUT2D eigenvalue weighted by molar-refractivity contribution is -0.119. The van der Waals surface area contributed by atoms with Gasteiger partial charge in [-0.2, -0.15) is 0 Å². The van der Waals surface area contributed by atoms with E-state index in [9.17, 15) is 4.79 Å². The number of para-hydroxylation sites is 3. The molecule has 3 aromatic heterocycles. The second-order valence-electron chi connectivity index (χ2n) is 8.97. The zero-order valence-electron chi connectivity index (χ0n) is 19.1. The second-order valence-corrected chi connectivity index (χ2v) is 9.97. The Kier molecular flexibility index (Phi) is 5.45. The fraction of sp³-hybridized carbons (Fsp3) is 0.346. The number of hydrogen-bond donors (Lipinski definition) is 1. The SMILES string of the molecule is CCC(C(=O)Nc1nnc(C2CCCCC2)s1)n1c2ccccc2c2nc3ccccc3nc21. The molecule has 1 aliphatic carbocycles. The van der Waals surface area contributed by atoms with Crippen LogP contribution in [-0.4, -0.2) is 30.6 Å². The summed E-state index contributed by atoms with van der Waals surface area (Å²) in [5, 5.41) is 14.3. The molecular formula is C26H26N6OS. The van der Waals surface area contributed by atoms with E-state index in [1.807, 2.05) is 60.0 Å². The molecule has 172 valence electrons. The lowest BCUT2D eigenvalue weighted by Crippen LogP contribution is -2.25. The third kappa shape index (κ3) is 3.62. The van der Waals surface area contributed by atoms with Gasteiger partial charge in [-0.05, 0) is 37.5 Å². The number of hydrogen-bond acceptors (Lipinski definition) is 6. The highest BCUT2D eigenvalue weighted by molar-refractivity contribution is 7.15. The number of anilines is 1. The predicted molar refractivity (Wildman–Crippen MR) is 136 cm³/mol. The summed E-state index contributed by atoms with van der Waals surface area (Å²) in [6.07, 6.45) is 6.72. The molecule has 2 aromatic carbocycles. The van der Waals surface area contributed by atoms with E-state index in [4.69, 9.17) is 9.97 Å². The number of rotatable bonds is 5. The average molecular weight is 471 g/mol. The third-order valence-electron chi connectivity index (χ3n) is 6.83. The van der Waals surface area contributed by atoms with Crippen molar-refractivity contribution in [3.05, 3.63) is 53.5 Å². The summed E-state index contributed by atoms with van der Waals surface area (Å²) in [7, 11) is 0. The first kappa shape index (κ1) is 21.2. The molecule has 0 radical (unpaired) electrons. The van der Waals surface area contributed by atoms with Crippen molar-refractivity contribution in [3.63, 3.8) is 0 Å². The van der Waals surface area contributed by atoms with Crippen LogP contribution in [0.2, 0.25) is 0 Å². The number of aromatic nitrogens is 5. The number of carbonyl (C=O) groups is 1. The lowest BCUT2D eigenvalue weighted by atomic mass is 9.90. The van der Waals surface area contributed by atoms with Gasteiger partial charge in [0, 0.05) is 11.3 Å². The number of nitrogens with zero attached hydrogens (tertiary/aromatic N) is 5. The summed E-state index contributed by atoms with van der Waals surface area (Å²) < 4.78 is 2.03. The van der Waals surface area contributed by atoms with Crippen LogP contribution in [0.1, 0.15) is 62.4 Å². The van der Waals surface area contributed by atoms with Crippen LogP contribution in [0.15, 0.2) is 48.5 Å². The van der Waals surface area contributed by atoms with E-state index in [2.05, 4.69) is 15.5 Å². The topological polar surface area (TPSA) is 85.6 Å². The van der Waals surface area contributed by atoms with Crippen molar-refractivity contribution in [2.24, 2.45) is 0 Å². The number of amides is 1. The third-order valence-corrected chi connectivity index (χ3v) is 7.83. The number of benzene rings is 2. The van der Waals surface area contributed by atoms with Crippen LogP contribution in [-0.2, 0) is 4.79 Å². The van der Waals surface area contributed by atoms with Gasteiger partial charge in [0.2, 0.25) is 11.0 Å².